The Morgan fingerprint density at radius 1 is 1.03 bits per heavy atom. The zero-order valence-corrected chi connectivity index (χ0v) is 20.1. The molecule has 0 saturated carbocycles. The van der Waals surface area contributed by atoms with Gasteiger partial charge in [-0.25, -0.2) is 8.78 Å². The molecule has 0 aliphatic carbocycles. The minimum absolute atomic E-state index is 0.0739. The lowest BCUT2D eigenvalue weighted by atomic mass is 9.98. The average Bonchev–Trinajstić information content (AvgIpc) is 2.80. The quantitative estimate of drug-likeness (QED) is 0.129. The van der Waals surface area contributed by atoms with Gasteiger partial charge in [0.25, 0.3) is 0 Å². The number of H-pyrrole nitrogens is 2. The van der Waals surface area contributed by atoms with Crippen LogP contribution in [0.3, 0.4) is 0 Å². The summed E-state index contributed by atoms with van der Waals surface area (Å²) in [6.45, 7) is 7.71. The number of ketones is 1. The van der Waals surface area contributed by atoms with Crippen LogP contribution in [0.15, 0.2) is 54.9 Å². The van der Waals surface area contributed by atoms with Gasteiger partial charge in [-0.2, -0.15) is 0 Å². The Bertz CT molecular complexity index is 1120. The Balaban J connectivity index is 0.00000187. The first-order valence-electron chi connectivity index (χ1n) is 10.8. The van der Waals surface area contributed by atoms with Crippen LogP contribution in [0.2, 0.25) is 0 Å². The molecule has 5 N–H and O–H groups in total. The molecule has 1 aromatic heterocycles. The molecule has 3 rings (SSSR count). The van der Waals surface area contributed by atoms with Crippen molar-refractivity contribution in [3.63, 3.8) is 0 Å². The summed E-state index contributed by atoms with van der Waals surface area (Å²) < 4.78 is 32.4. The second-order valence-electron chi connectivity index (χ2n) is 6.96. The molecule has 0 amide bonds. The van der Waals surface area contributed by atoms with Crippen molar-refractivity contribution < 1.29 is 13.6 Å². The van der Waals surface area contributed by atoms with Crippen LogP contribution in [0.4, 0.5) is 20.2 Å². The van der Waals surface area contributed by atoms with Gasteiger partial charge in [-0.1, -0.05) is 44.9 Å². The molecule has 0 radical (unpaired) electrons. The van der Waals surface area contributed by atoms with Gasteiger partial charge in [-0.15, -0.1) is 0 Å². The maximum absolute atomic E-state index is 15.0. The zero-order valence-electron chi connectivity index (χ0n) is 19.3. The molecule has 0 unspecified atom stereocenters. The number of aryl methyl sites for hydroxylation is 1. The normalized spacial score (nSPS) is 10.1. The number of aromatic nitrogens is 2. The molecule has 0 spiro atoms. The predicted molar refractivity (Wildman–Crippen MR) is 135 cm³/mol. The van der Waals surface area contributed by atoms with Crippen molar-refractivity contribution in [1.82, 2.24) is 10.2 Å². The van der Waals surface area contributed by atoms with Crippen LogP contribution < -0.4 is 10.5 Å². The lowest BCUT2D eigenvalue weighted by Gasteiger charge is -2.11. The molecular formula is C25H30F2N4OS. The Labute approximate surface area is 197 Å². The van der Waals surface area contributed by atoms with Gasteiger partial charge in [-0.3, -0.25) is 4.79 Å². The first-order chi connectivity index (χ1) is 15.9. The Morgan fingerprint density at radius 3 is 2.36 bits per heavy atom. The van der Waals surface area contributed by atoms with E-state index in [2.05, 4.69) is 14.9 Å². The van der Waals surface area contributed by atoms with Crippen molar-refractivity contribution in [2.45, 2.75) is 34.1 Å². The van der Waals surface area contributed by atoms with E-state index in [-0.39, 0.29) is 11.3 Å². The highest BCUT2D eigenvalue weighted by atomic mass is 32.2. The monoisotopic (exact) mass is 472 g/mol. The van der Waals surface area contributed by atoms with Crippen LogP contribution in [-0.4, -0.2) is 21.7 Å². The van der Waals surface area contributed by atoms with Gasteiger partial charge in [0, 0.05) is 29.4 Å². The molecule has 0 bridgehead atoms. The number of anilines is 2. The summed E-state index contributed by atoms with van der Waals surface area (Å²) in [5.41, 5.74) is 8.20. The molecule has 8 heteroatoms. The molecule has 5 nitrogen and oxygen atoms in total. The van der Waals surface area contributed by atoms with Gasteiger partial charge >= 0.3 is 0 Å². The maximum Gasteiger partial charge on any atom is 0.200 e. The van der Waals surface area contributed by atoms with E-state index in [0.717, 1.165) is 29.4 Å². The van der Waals surface area contributed by atoms with E-state index >= 15 is 4.39 Å². The molecular weight excluding hydrogens is 442 g/mol. The number of benzene rings is 2. The summed E-state index contributed by atoms with van der Waals surface area (Å²) in [5.74, 6) is -1.82. The van der Waals surface area contributed by atoms with Gasteiger partial charge in [0.05, 0.1) is 11.3 Å². The van der Waals surface area contributed by atoms with Crippen LogP contribution >= 0.6 is 11.9 Å². The summed E-state index contributed by atoms with van der Waals surface area (Å²) in [7, 11) is 0. The highest BCUT2D eigenvalue weighted by molar-refractivity contribution is 8.00. The number of aromatic amines is 2. The molecule has 1 heterocycles. The van der Waals surface area contributed by atoms with E-state index in [1.165, 1.54) is 24.2 Å². The number of carbonyl (C=O) groups is 1. The summed E-state index contributed by atoms with van der Waals surface area (Å²) >= 11 is 1.30. The molecule has 0 aliphatic heterocycles. The van der Waals surface area contributed by atoms with Crippen LogP contribution in [0.1, 0.15) is 48.7 Å². The number of hydrogen-bond acceptors (Lipinski definition) is 4. The van der Waals surface area contributed by atoms with Crippen molar-refractivity contribution in [3.8, 4) is 11.1 Å². The predicted octanol–water partition coefficient (Wildman–Crippen LogP) is 7.03. The second-order valence-corrected chi connectivity index (χ2v) is 7.86. The standard InChI is InChI=1S/C23H24F2N4OS.C2H6/c1-3-10-31-29-20-9-8-19(24)21(22(20)25)23(30)18-13-28-27-12-16(11-14(18)2)15-4-6-17(26)7-5-15;1-2/h4-9,11-13,27-29H,3,10,26H2,1-2H3;1-2H3. The van der Waals surface area contributed by atoms with Gasteiger partial charge in [-0.05, 0) is 60.4 Å². The van der Waals surface area contributed by atoms with Crippen LogP contribution in [-0.2, 0) is 0 Å². The number of nitrogens with two attached hydrogens (primary N) is 1. The van der Waals surface area contributed by atoms with E-state index in [1.54, 1.807) is 31.3 Å². The first-order valence-corrected chi connectivity index (χ1v) is 11.8. The summed E-state index contributed by atoms with van der Waals surface area (Å²) in [6.07, 6.45) is 4.02. The molecule has 0 fully saturated rings. The zero-order chi connectivity index (χ0) is 24.4. The van der Waals surface area contributed by atoms with Crippen molar-refractivity contribution in [2.75, 3.05) is 16.2 Å². The van der Waals surface area contributed by atoms with E-state index in [9.17, 15) is 9.18 Å². The van der Waals surface area contributed by atoms with E-state index in [0.29, 0.717) is 11.3 Å². The van der Waals surface area contributed by atoms with Gasteiger partial charge in [0.1, 0.15) is 5.82 Å². The van der Waals surface area contributed by atoms with Crippen molar-refractivity contribution in [1.29, 1.82) is 0 Å². The number of hydrogen-bond donors (Lipinski definition) is 4. The molecule has 0 atom stereocenters. The third kappa shape index (κ3) is 6.61. The molecule has 3 aromatic rings. The molecule has 0 saturated heterocycles. The number of carbonyl (C=O) groups excluding carboxylic acids is 1. The topological polar surface area (TPSA) is 86.7 Å². The Kier molecular flexibility index (Phi) is 10.00. The molecule has 176 valence electrons. The van der Waals surface area contributed by atoms with Gasteiger partial charge < -0.3 is 20.7 Å². The van der Waals surface area contributed by atoms with Gasteiger partial charge in [0.2, 0.25) is 5.78 Å². The highest BCUT2D eigenvalue weighted by Crippen LogP contribution is 2.27. The lowest BCUT2D eigenvalue weighted by Crippen LogP contribution is -2.11. The lowest BCUT2D eigenvalue weighted by molar-refractivity contribution is 0.103. The van der Waals surface area contributed by atoms with Crippen LogP contribution in [0.25, 0.3) is 11.1 Å². The summed E-state index contributed by atoms with van der Waals surface area (Å²) in [6, 6.07) is 11.4. The maximum atomic E-state index is 15.0. The fourth-order valence-corrected chi connectivity index (χ4v) is 3.61. The van der Waals surface area contributed by atoms with E-state index in [1.807, 2.05) is 32.9 Å². The average molecular weight is 473 g/mol. The minimum atomic E-state index is -0.911. The van der Waals surface area contributed by atoms with E-state index in [4.69, 9.17) is 5.73 Å². The molecule has 2 aromatic carbocycles. The van der Waals surface area contributed by atoms with Crippen molar-refractivity contribution in [3.05, 3.63) is 83.2 Å². The smallest absolute Gasteiger partial charge is 0.200 e. The highest BCUT2D eigenvalue weighted by Gasteiger charge is 2.23. The number of rotatable bonds is 7. The fourth-order valence-electron chi connectivity index (χ4n) is 2.99. The second kappa shape index (κ2) is 12.7. The SMILES string of the molecule is CC.CCCSNc1ccc(F)c(C(=O)c2c[nH][nH]cc(-c3ccc(N)cc3)cc2C)c1F. The molecule has 33 heavy (non-hydrogen) atoms. The minimum Gasteiger partial charge on any atom is -0.399 e. The number of halogens is 2. The summed E-state index contributed by atoms with van der Waals surface area (Å²) in [4.78, 5) is 13.2. The summed E-state index contributed by atoms with van der Waals surface area (Å²) in [5, 5.41) is 5.65. The number of nitrogen functional groups attached to an aromatic ring is 1. The third-order valence-corrected chi connectivity index (χ3v) is 5.60. The number of nitrogens with one attached hydrogen (secondary N) is 3. The van der Waals surface area contributed by atoms with Crippen molar-refractivity contribution >= 4 is 29.1 Å². The van der Waals surface area contributed by atoms with Crippen LogP contribution in [0.5, 0.6) is 0 Å². The Morgan fingerprint density at radius 2 is 1.70 bits per heavy atom. The van der Waals surface area contributed by atoms with E-state index < -0.39 is 23.0 Å². The fraction of sp³-hybridized carbons (Fsp3) is 0.240. The molecule has 0 aliphatic rings. The Hall–Kier alpha value is -3.26. The van der Waals surface area contributed by atoms with Crippen LogP contribution in [0, 0.1) is 18.6 Å². The van der Waals surface area contributed by atoms with Crippen molar-refractivity contribution in [2.24, 2.45) is 0 Å². The third-order valence-electron chi connectivity index (χ3n) is 4.62. The van der Waals surface area contributed by atoms with Gasteiger partial charge in [0.15, 0.2) is 5.82 Å². The largest absolute Gasteiger partial charge is 0.399 e. The first kappa shape index (κ1) is 26.0.